The van der Waals surface area contributed by atoms with E-state index < -0.39 is 32.5 Å². The first-order chi connectivity index (χ1) is 18.8. The van der Waals surface area contributed by atoms with Gasteiger partial charge >= 0.3 is 19.8 Å². The molecule has 0 aromatic rings. The number of phosphoric acid groups is 1. The van der Waals surface area contributed by atoms with Crippen LogP contribution in [0.5, 0.6) is 0 Å². The highest BCUT2D eigenvalue weighted by Gasteiger charge is 2.22. The van der Waals surface area contributed by atoms with Crippen molar-refractivity contribution < 1.29 is 37.9 Å². The summed E-state index contributed by atoms with van der Waals surface area (Å²) < 4.78 is 26.1. The maximum atomic E-state index is 12.2. The van der Waals surface area contributed by atoms with Crippen LogP contribution in [0, 0.1) is 0 Å². The first-order valence-corrected chi connectivity index (χ1v) is 16.7. The molecule has 8 nitrogen and oxygen atoms in total. The van der Waals surface area contributed by atoms with Crippen molar-refractivity contribution in [3.05, 3.63) is 24.3 Å². The molecule has 0 aliphatic rings. The Labute approximate surface area is 237 Å². The van der Waals surface area contributed by atoms with Crippen LogP contribution in [-0.2, 0) is 28.2 Å². The molecule has 0 radical (unpaired) electrons. The van der Waals surface area contributed by atoms with Gasteiger partial charge in [0.05, 0.1) is 6.61 Å². The molecule has 0 rings (SSSR count). The van der Waals surface area contributed by atoms with Crippen LogP contribution in [-0.4, -0.2) is 41.0 Å². The van der Waals surface area contributed by atoms with Crippen LogP contribution in [0.3, 0.4) is 0 Å². The molecule has 0 aliphatic carbocycles. The van der Waals surface area contributed by atoms with E-state index in [9.17, 15) is 14.2 Å². The lowest BCUT2D eigenvalue weighted by Crippen LogP contribution is -2.29. The van der Waals surface area contributed by atoms with Gasteiger partial charge < -0.3 is 19.3 Å². The predicted octanol–water partition coefficient (Wildman–Crippen LogP) is 8.11. The summed E-state index contributed by atoms with van der Waals surface area (Å²) in [7, 11) is -4.74. The van der Waals surface area contributed by atoms with Crippen molar-refractivity contribution in [2.75, 3.05) is 13.2 Å². The van der Waals surface area contributed by atoms with Gasteiger partial charge in [-0.3, -0.25) is 14.1 Å². The summed E-state index contributed by atoms with van der Waals surface area (Å²) in [6, 6.07) is 0. The zero-order valence-corrected chi connectivity index (χ0v) is 25.4. The van der Waals surface area contributed by atoms with Crippen molar-refractivity contribution in [1.29, 1.82) is 0 Å². The molecule has 9 heteroatoms. The molecule has 1 unspecified atom stereocenters. The zero-order chi connectivity index (χ0) is 29.0. The Morgan fingerprint density at radius 1 is 0.641 bits per heavy atom. The molecule has 0 saturated heterocycles. The molecule has 228 valence electrons. The quantitative estimate of drug-likeness (QED) is 0.0437. The molecule has 39 heavy (non-hydrogen) atoms. The number of phosphoric ester groups is 1. The molecule has 0 amide bonds. The fraction of sp³-hybridized carbons (Fsp3) is 0.800. The van der Waals surface area contributed by atoms with Crippen LogP contribution in [0.2, 0.25) is 0 Å². The molecule has 1 atom stereocenters. The van der Waals surface area contributed by atoms with Crippen molar-refractivity contribution in [2.45, 2.75) is 142 Å². The van der Waals surface area contributed by atoms with Crippen molar-refractivity contribution in [3.63, 3.8) is 0 Å². The van der Waals surface area contributed by atoms with Gasteiger partial charge in [-0.1, -0.05) is 95.9 Å². The Hall–Kier alpha value is -1.47. The van der Waals surface area contributed by atoms with Crippen molar-refractivity contribution in [2.24, 2.45) is 0 Å². The Morgan fingerprint density at radius 2 is 1.13 bits per heavy atom. The first kappa shape index (κ1) is 37.5. The molecule has 0 aromatic carbocycles. The third-order valence-electron chi connectivity index (χ3n) is 6.17. The smallest absolute Gasteiger partial charge is 0.462 e. The van der Waals surface area contributed by atoms with Gasteiger partial charge in [0.1, 0.15) is 6.61 Å². The fourth-order valence-electron chi connectivity index (χ4n) is 3.88. The largest absolute Gasteiger partial charge is 0.469 e. The third kappa shape index (κ3) is 29.3. The Balaban J connectivity index is 4.10. The van der Waals surface area contributed by atoms with Gasteiger partial charge in [0, 0.05) is 12.8 Å². The number of hydrogen-bond donors (Lipinski definition) is 2. The van der Waals surface area contributed by atoms with E-state index in [1.165, 1.54) is 19.3 Å². The Morgan fingerprint density at radius 3 is 1.67 bits per heavy atom. The molecule has 0 saturated carbocycles. The van der Waals surface area contributed by atoms with Crippen molar-refractivity contribution in [3.8, 4) is 0 Å². The minimum absolute atomic E-state index is 0.200. The third-order valence-corrected chi connectivity index (χ3v) is 6.66. The van der Waals surface area contributed by atoms with E-state index in [1.54, 1.807) is 0 Å². The van der Waals surface area contributed by atoms with E-state index >= 15 is 0 Å². The Bertz CT molecular complexity index is 701. The van der Waals surface area contributed by atoms with E-state index in [0.717, 1.165) is 77.0 Å². The van der Waals surface area contributed by atoms with Crippen LogP contribution in [0.1, 0.15) is 136 Å². The maximum Gasteiger partial charge on any atom is 0.469 e. The van der Waals surface area contributed by atoms with Gasteiger partial charge in [-0.05, 0) is 51.4 Å². The lowest BCUT2D eigenvalue weighted by molar-refractivity contribution is -0.161. The van der Waals surface area contributed by atoms with Crippen molar-refractivity contribution >= 4 is 19.8 Å². The lowest BCUT2D eigenvalue weighted by atomic mass is 10.1. The van der Waals surface area contributed by atoms with Crippen LogP contribution < -0.4 is 0 Å². The van der Waals surface area contributed by atoms with Gasteiger partial charge in [0.25, 0.3) is 0 Å². The van der Waals surface area contributed by atoms with Crippen LogP contribution >= 0.6 is 7.82 Å². The predicted molar refractivity (Wildman–Crippen MR) is 156 cm³/mol. The zero-order valence-electron chi connectivity index (χ0n) is 24.5. The number of unbranched alkanes of at least 4 members (excludes halogenated alkanes) is 13. The average Bonchev–Trinajstić information content (AvgIpc) is 2.89. The summed E-state index contributed by atoms with van der Waals surface area (Å²) in [6.45, 7) is 3.52. The SMILES string of the molecule is CCC/C=C\CCCCCCCC(=O)OCC(COP(=O)(O)O)OC(=O)CCCCCCC/C=C\CCCC. The fourth-order valence-corrected chi connectivity index (χ4v) is 4.24. The van der Waals surface area contributed by atoms with Crippen LogP contribution in [0.4, 0.5) is 0 Å². The number of esters is 2. The average molecular weight is 575 g/mol. The second kappa shape index (κ2) is 26.7. The van der Waals surface area contributed by atoms with E-state index in [0.29, 0.717) is 12.8 Å². The van der Waals surface area contributed by atoms with E-state index in [4.69, 9.17) is 19.3 Å². The molecule has 0 bridgehead atoms. The highest BCUT2D eigenvalue weighted by Crippen LogP contribution is 2.35. The highest BCUT2D eigenvalue weighted by atomic mass is 31.2. The van der Waals surface area contributed by atoms with Crippen LogP contribution in [0.15, 0.2) is 24.3 Å². The van der Waals surface area contributed by atoms with Crippen LogP contribution in [0.25, 0.3) is 0 Å². The second-order valence-electron chi connectivity index (χ2n) is 10.1. The number of rotatable bonds is 27. The molecular weight excluding hydrogens is 519 g/mol. The molecule has 0 spiro atoms. The standard InChI is InChI=1S/C30H55O8P/c1-3-5-7-9-11-13-15-17-19-21-23-25-30(32)38-28(27-37-39(33,34)35)26-36-29(31)24-22-20-18-16-14-12-10-8-6-4-2/h8-11,28H,3-7,12-27H2,1-2H3,(H2,33,34,35)/b10-8-,11-9-. The summed E-state index contributed by atoms with van der Waals surface area (Å²) >= 11 is 0. The van der Waals surface area contributed by atoms with Gasteiger partial charge in [0.15, 0.2) is 6.10 Å². The molecule has 0 heterocycles. The minimum atomic E-state index is -4.74. The summed E-state index contributed by atoms with van der Waals surface area (Å²) in [5, 5.41) is 0. The Kier molecular flexibility index (Phi) is 25.7. The highest BCUT2D eigenvalue weighted by molar-refractivity contribution is 7.46. The normalized spacial score (nSPS) is 12.8. The monoisotopic (exact) mass is 574 g/mol. The maximum absolute atomic E-state index is 12.2. The number of allylic oxidation sites excluding steroid dienone is 4. The minimum Gasteiger partial charge on any atom is -0.462 e. The topological polar surface area (TPSA) is 119 Å². The molecular formula is C30H55O8P. The second-order valence-corrected chi connectivity index (χ2v) is 11.3. The number of carbonyl (C=O) groups is 2. The number of carbonyl (C=O) groups excluding carboxylic acids is 2. The van der Waals surface area contributed by atoms with E-state index in [2.05, 4.69) is 42.7 Å². The summed E-state index contributed by atoms with van der Waals surface area (Å²) in [5.41, 5.74) is 0. The van der Waals surface area contributed by atoms with Gasteiger partial charge in [-0.15, -0.1) is 0 Å². The summed E-state index contributed by atoms with van der Waals surface area (Å²) in [4.78, 5) is 42.3. The van der Waals surface area contributed by atoms with Gasteiger partial charge in [0.2, 0.25) is 0 Å². The lowest BCUT2D eigenvalue weighted by Gasteiger charge is -2.18. The summed E-state index contributed by atoms with van der Waals surface area (Å²) in [5.74, 6) is -0.913. The van der Waals surface area contributed by atoms with E-state index in [-0.39, 0.29) is 19.4 Å². The molecule has 0 aliphatic heterocycles. The number of hydrogen-bond acceptors (Lipinski definition) is 6. The molecule has 2 N–H and O–H groups in total. The van der Waals surface area contributed by atoms with Gasteiger partial charge in [-0.2, -0.15) is 0 Å². The van der Waals surface area contributed by atoms with E-state index in [1.807, 2.05) is 0 Å². The molecule has 0 aromatic heterocycles. The van der Waals surface area contributed by atoms with Gasteiger partial charge in [-0.25, -0.2) is 4.57 Å². The first-order valence-electron chi connectivity index (χ1n) is 15.1. The number of ether oxygens (including phenoxy) is 2. The summed E-state index contributed by atoms with van der Waals surface area (Å²) in [6.07, 6.45) is 26.3. The van der Waals surface area contributed by atoms with Crippen molar-refractivity contribution in [1.82, 2.24) is 0 Å². The molecule has 0 fully saturated rings.